The maximum Gasteiger partial charge on any atom is 0.0700 e. The lowest BCUT2D eigenvalue weighted by atomic mass is 10.0. The van der Waals surface area contributed by atoms with E-state index in [0.717, 1.165) is 12.0 Å². The molecule has 1 aromatic carbocycles. The monoisotopic (exact) mass is 291 g/mol. The minimum absolute atomic E-state index is 0.0171. The van der Waals surface area contributed by atoms with Crippen molar-refractivity contribution in [3.8, 4) is 0 Å². The van der Waals surface area contributed by atoms with Crippen LogP contribution in [-0.2, 0) is 15.9 Å². The lowest BCUT2D eigenvalue weighted by molar-refractivity contribution is 0.0672. The highest BCUT2D eigenvalue weighted by Gasteiger charge is 2.09. The molecular formula is C13H19Cl2NO2. The second-order valence-electron chi connectivity index (χ2n) is 4.07. The van der Waals surface area contributed by atoms with Crippen molar-refractivity contribution < 1.29 is 9.47 Å². The molecule has 102 valence electrons. The molecule has 1 unspecified atom stereocenters. The van der Waals surface area contributed by atoms with E-state index in [0.29, 0.717) is 36.3 Å². The van der Waals surface area contributed by atoms with E-state index in [1.165, 1.54) is 0 Å². The van der Waals surface area contributed by atoms with Gasteiger partial charge in [0.15, 0.2) is 0 Å². The SMILES string of the molecule is COCCOCCC(N)Cc1cccc(Cl)c1Cl. The van der Waals surface area contributed by atoms with Gasteiger partial charge in [-0.15, -0.1) is 0 Å². The molecule has 0 saturated heterocycles. The molecule has 0 aliphatic rings. The van der Waals surface area contributed by atoms with Crippen LogP contribution in [0.25, 0.3) is 0 Å². The van der Waals surface area contributed by atoms with Crippen molar-refractivity contribution in [3.63, 3.8) is 0 Å². The van der Waals surface area contributed by atoms with Gasteiger partial charge >= 0.3 is 0 Å². The average molecular weight is 292 g/mol. The van der Waals surface area contributed by atoms with Crippen molar-refractivity contribution >= 4 is 23.2 Å². The maximum atomic E-state index is 6.10. The van der Waals surface area contributed by atoms with Crippen molar-refractivity contribution in [3.05, 3.63) is 33.8 Å². The van der Waals surface area contributed by atoms with Gasteiger partial charge in [0.05, 0.1) is 23.3 Å². The summed E-state index contributed by atoms with van der Waals surface area (Å²) in [4.78, 5) is 0. The first-order valence-electron chi connectivity index (χ1n) is 5.90. The molecule has 2 N–H and O–H groups in total. The molecule has 0 amide bonds. The van der Waals surface area contributed by atoms with Crippen LogP contribution in [0.5, 0.6) is 0 Å². The Morgan fingerprint density at radius 2 is 2.00 bits per heavy atom. The zero-order valence-electron chi connectivity index (χ0n) is 10.5. The first-order valence-corrected chi connectivity index (χ1v) is 6.66. The summed E-state index contributed by atoms with van der Waals surface area (Å²) in [7, 11) is 1.65. The van der Waals surface area contributed by atoms with Gasteiger partial charge in [-0.25, -0.2) is 0 Å². The molecule has 18 heavy (non-hydrogen) atoms. The van der Waals surface area contributed by atoms with Crippen molar-refractivity contribution in [2.75, 3.05) is 26.9 Å². The molecule has 1 rings (SSSR count). The molecular weight excluding hydrogens is 273 g/mol. The van der Waals surface area contributed by atoms with Gasteiger partial charge in [-0.05, 0) is 24.5 Å². The Morgan fingerprint density at radius 1 is 1.22 bits per heavy atom. The third kappa shape index (κ3) is 5.55. The highest BCUT2D eigenvalue weighted by atomic mass is 35.5. The second kappa shape index (κ2) is 8.73. The van der Waals surface area contributed by atoms with E-state index >= 15 is 0 Å². The summed E-state index contributed by atoms with van der Waals surface area (Å²) in [6.07, 6.45) is 1.49. The van der Waals surface area contributed by atoms with Crippen LogP contribution in [0.1, 0.15) is 12.0 Å². The first kappa shape index (κ1) is 15.7. The van der Waals surface area contributed by atoms with Crippen LogP contribution in [-0.4, -0.2) is 33.0 Å². The quantitative estimate of drug-likeness (QED) is 0.749. The van der Waals surface area contributed by atoms with Gasteiger partial charge in [0.1, 0.15) is 0 Å². The fourth-order valence-electron chi connectivity index (χ4n) is 1.57. The predicted molar refractivity (Wildman–Crippen MR) is 75.5 cm³/mol. The largest absolute Gasteiger partial charge is 0.382 e. The molecule has 0 spiro atoms. The minimum Gasteiger partial charge on any atom is -0.382 e. The number of ether oxygens (including phenoxy) is 2. The summed E-state index contributed by atoms with van der Waals surface area (Å²) in [6, 6.07) is 5.61. The highest BCUT2D eigenvalue weighted by Crippen LogP contribution is 2.26. The van der Waals surface area contributed by atoms with E-state index in [1.807, 2.05) is 12.1 Å². The predicted octanol–water partition coefficient (Wildman–Crippen LogP) is 2.92. The van der Waals surface area contributed by atoms with Gasteiger partial charge < -0.3 is 15.2 Å². The zero-order valence-corrected chi connectivity index (χ0v) is 12.0. The first-order chi connectivity index (χ1) is 8.65. The summed E-state index contributed by atoms with van der Waals surface area (Å²) in [5.74, 6) is 0. The van der Waals surface area contributed by atoms with Crippen molar-refractivity contribution in [1.29, 1.82) is 0 Å². The van der Waals surface area contributed by atoms with Crippen molar-refractivity contribution in [2.45, 2.75) is 18.9 Å². The zero-order chi connectivity index (χ0) is 13.4. The molecule has 0 bridgehead atoms. The Kier molecular flexibility index (Phi) is 7.63. The van der Waals surface area contributed by atoms with Crippen LogP contribution in [0.2, 0.25) is 10.0 Å². The van der Waals surface area contributed by atoms with Gasteiger partial charge in [-0.3, -0.25) is 0 Å². The van der Waals surface area contributed by atoms with Gasteiger partial charge in [0.2, 0.25) is 0 Å². The Hall–Kier alpha value is -0.320. The Balaban J connectivity index is 2.31. The van der Waals surface area contributed by atoms with Gasteiger partial charge in [0, 0.05) is 19.8 Å². The molecule has 1 aromatic rings. The lowest BCUT2D eigenvalue weighted by Crippen LogP contribution is -2.25. The Morgan fingerprint density at radius 3 is 2.72 bits per heavy atom. The van der Waals surface area contributed by atoms with Crippen LogP contribution >= 0.6 is 23.2 Å². The topological polar surface area (TPSA) is 44.5 Å². The van der Waals surface area contributed by atoms with Gasteiger partial charge in [-0.1, -0.05) is 35.3 Å². The smallest absolute Gasteiger partial charge is 0.0700 e. The fraction of sp³-hybridized carbons (Fsp3) is 0.538. The summed E-state index contributed by atoms with van der Waals surface area (Å²) < 4.78 is 10.3. The average Bonchev–Trinajstić information content (AvgIpc) is 2.35. The molecule has 0 heterocycles. The van der Waals surface area contributed by atoms with Crippen molar-refractivity contribution in [1.82, 2.24) is 0 Å². The van der Waals surface area contributed by atoms with E-state index in [4.69, 9.17) is 38.4 Å². The van der Waals surface area contributed by atoms with Gasteiger partial charge in [-0.2, -0.15) is 0 Å². The van der Waals surface area contributed by atoms with E-state index in [-0.39, 0.29) is 6.04 Å². The van der Waals surface area contributed by atoms with E-state index in [9.17, 15) is 0 Å². The third-order valence-electron chi connectivity index (χ3n) is 2.58. The molecule has 0 aliphatic carbocycles. The van der Waals surface area contributed by atoms with E-state index < -0.39 is 0 Å². The van der Waals surface area contributed by atoms with Crippen molar-refractivity contribution in [2.24, 2.45) is 5.73 Å². The number of rotatable bonds is 8. The normalized spacial score (nSPS) is 12.7. The number of nitrogens with two attached hydrogens (primary N) is 1. The number of hydrogen-bond donors (Lipinski definition) is 1. The van der Waals surface area contributed by atoms with Crippen LogP contribution in [0.4, 0.5) is 0 Å². The summed E-state index contributed by atoms with van der Waals surface area (Å²) in [6.45, 7) is 1.83. The number of halogens is 2. The van der Waals surface area contributed by atoms with E-state index in [2.05, 4.69) is 0 Å². The molecule has 1 atom stereocenters. The summed E-state index contributed by atoms with van der Waals surface area (Å²) in [5.41, 5.74) is 7.01. The number of hydrogen-bond acceptors (Lipinski definition) is 3. The molecule has 0 saturated carbocycles. The van der Waals surface area contributed by atoms with Crippen LogP contribution in [0.3, 0.4) is 0 Å². The number of methoxy groups -OCH3 is 1. The molecule has 0 radical (unpaired) electrons. The van der Waals surface area contributed by atoms with Crippen LogP contribution in [0, 0.1) is 0 Å². The Labute approximate surface area is 118 Å². The molecule has 0 fully saturated rings. The molecule has 0 aromatic heterocycles. The third-order valence-corrected chi connectivity index (χ3v) is 3.44. The van der Waals surface area contributed by atoms with E-state index in [1.54, 1.807) is 13.2 Å². The van der Waals surface area contributed by atoms with Crippen LogP contribution < -0.4 is 5.73 Å². The highest BCUT2D eigenvalue weighted by molar-refractivity contribution is 6.42. The Bertz CT molecular complexity index is 361. The number of benzene rings is 1. The minimum atomic E-state index is 0.0171. The molecule has 3 nitrogen and oxygen atoms in total. The lowest BCUT2D eigenvalue weighted by Gasteiger charge is -2.13. The standard InChI is InChI=1S/C13H19Cl2NO2/c1-17-7-8-18-6-5-11(16)9-10-3-2-4-12(14)13(10)15/h2-4,11H,5-9,16H2,1H3. The summed E-state index contributed by atoms with van der Waals surface area (Å²) >= 11 is 12.1. The maximum absolute atomic E-state index is 6.10. The fourth-order valence-corrected chi connectivity index (χ4v) is 1.97. The molecule has 0 aliphatic heterocycles. The van der Waals surface area contributed by atoms with Gasteiger partial charge in [0.25, 0.3) is 0 Å². The van der Waals surface area contributed by atoms with Crippen LogP contribution in [0.15, 0.2) is 18.2 Å². The summed E-state index contributed by atoms with van der Waals surface area (Å²) in [5, 5.41) is 1.16. The molecule has 5 heteroatoms. The second-order valence-corrected chi connectivity index (χ2v) is 4.86.